The van der Waals surface area contributed by atoms with Gasteiger partial charge in [-0.25, -0.2) is 4.98 Å². The van der Waals surface area contributed by atoms with Crippen LogP contribution in [0.15, 0.2) is 76.7 Å². The maximum Gasteiger partial charge on any atom is 0.266 e. The van der Waals surface area contributed by atoms with Gasteiger partial charge in [0.2, 0.25) is 5.91 Å². The summed E-state index contributed by atoms with van der Waals surface area (Å²) in [4.78, 5) is 30.6. The number of amides is 1. The lowest BCUT2D eigenvalue weighted by molar-refractivity contribution is -0.113. The van der Waals surface area contributed by atoms with Crippen molar-refractivity contribution in [2.75, 3.05) is 11.1 Å². The molecule has 1 aromatic heterocycles. The highest BCUT2D eigenvalue weighted by molar-refractivity contribution is 7.99. The first kappa shape index (κ1) is 21.0. The van der Waals surface area contributed by atoms with Gasteiger partial charge in [0.25, 0.3) is 5.56 Å². The van der Waals surface area contributed by atoms with E-state index in [-0.39, 0.29) is 17.2 Å². The van der Waals surface area contributed by atoms with Crippen molar-refractivity contribution in [1.82, 2.24) is 9.55 Å². The van der Waals surface area contributed by atoms with Gasteiger partial charge in [-0.1, -0.05) is 30.0 Å². The zero-order valence-corrected chi connectivity index (χ0v) is 18.6. The third-order valence-corrected chi connectivity index (χ3v) is 6.65. The molecule has 0 spiro atoms. The number of carbonyl (C=O) groups is 1. The van der Waals surface area contributed by atoms with Crippen molar-refractivity contribution < 1.29 is 4.79 Å². The lowest BCUT2D eigenvalue weighted by Crippen LogP contribution is -2.23. The molecule has 0 unspecified atom stereocenters. The van der Waals surface area contributed by atoms with Crippen molar-refractivity contribution in [2.24, 2.45) is 0 Å². The normalized spacial score (nSPS) is 12.3. The first-order chi connectivity index (χ1) is 16.1. The van der Waals surface area contributed by atoms with Crippen LogP contribution in [0.2, 0.25) is 0 Å². The Morgan fingerprint density at radius 3 is 2.67 bits per heavy atom. The van der Waals surface area contributed by atoms with E-state index in [4.69, 9.17) is 5.26 Å². The fourth-order valence-corrected chi connectivity index (χ4v) is 4.91. The quantitative estimate of drug-likeness (QED) is 0.356. The number of carbonyl (C=O) groups excluding carboxylic acids is 1. The van der Waals surface area contributed by atoms with E-state index >= 15 is 0 Å². The van der Waals surface area contributed by atoms with Gasteiger partial charge in [-0.15, -0.1) is 0 Å². The highest BCUT2D eigenvalue weighted by Gasteiger charge is 2.16. The predicted molar refractivity (Wildman–Crippen MR) is 130 cm³/mol. The molecule has 0 bridgehead atoms. The van der Waals surface area contributed by atoms with E-state index in [0.29, 0.717) is 27.3 Å². The first-order valence-corrected chi connectivity index (χ1v) is 11.7. The van der Waals surface area contributed by atoms with E-state index in [1.807, 2.05) is 18.2 Å². The number of nitriles is 1. The number of rotatable bonds is 5. The molecule has 1 heterocycles. The zero-order chi connectivity index (χ0) is 22.8. The van der Waals surface area contributed by atoms with Crippen LogP contribution in [0.4, 0.5) is 5.69 Å². The zero-order valence-electron chi connectivity index (χ0n) is 17.7. The number of hydrogen-bond acceptors (Lipinski definition) is 5. The van der Waals surface area contributed by atoms with Gasteiger partial charge in [0.15, 0.2) is 5.16 Å². The predicted octanol–water partition coefficient (Wildman–Crippen LogP) is 4.48. The summed E-state index contributed by atoms with van der Waals surface area (Å²) in [6.07, 6.45) is 3.30. The third-order valence-electron chi connectivity index (χ3n) is 5.71. The van der Waals surface area contributed by atoms with Crippen LogP contribution < -0.4 is 10.9 Å². The van der Waals surface area contributed by atoms with E-state index in [0.717, 1.165) is 24.9 Å². The largest absolute Gasteiger partial charge is 0.325 e. The molecule has 33 heavy (non-hydrogen) atoms. The van der Waals surface area contributed by atoms with Crippen LogP contribution in [-0.2, 0) is 17.6 Å². The van der Waals surface area contributed by atoms with Gasteiger partial charge in [-0.2, -0.15) is 5.26 Å². The number of fused-ring (bicyclic) bond motifs is 2. The van der Waals surface area contributed by atoms with Gasteiger partial charge in [-0.3, -0.25) is 14.2 Å². The second kappa shape index (κ2) is 8.93. The Morgan fingerprint density at radius 1 is 1.06 bits per heavy atom. The number of nitrogens with one attached hydrogen (secondary N) is 1. The molecular weight excluding hydrogens is 432 g/mol. The molecule has 5 rings (SSSR count). The summed E-state index contributed by atoms with van der Waals surface area (Å²) in [5.74, 6) is -0.0512. The Hall–Kier alpha value is -3.89. The standard InChI is InChI=1S/C26H20N4O2S/c27-15-17-8-12-21(13-9-17)30-25(32)22-6-1-2-7-23(22)29-26(30)33-16-24(31)28-20-11-10-18-4-3-5-19(18)14-20/h1-2,6-14H,3-5,16H2,(H,28,31). The number of nitrogens with zero attached hydrogens (tertiary/aromatic N) is 3. The van der Waals surface area contributed by atoms with Gasteiger partial charge in [0.05, 0.1) is 34.0 Å². The number of aromatic nitrogens is 2. The Labute approximate surface area is 194 Å². The molecule has 1 aliphatic rings. The molecule has 0 aliphatic heterocycles. The minimum absolute atomic E-state index is 0.109. The second-order valence-electron chi connectivity index (χ2n) is 7.88. The number of thioether (sulfide) groups is 1. The summed E-state index contributed by atoms with van der Waals surface area (Å²) in [6.45, 7) is 0. The molecular formula is C26H20N4O2S. The van der Waals surface area contributed by atoms with Crippen molar-refractivity contribution in [1.29, 1.82) is 5.26 Å². The van der Waals surface area contributed by atoms with Gasteiger partial charge < -0.3 is 5.32 Å². The van der Waals surface area contributed by atoms with Crippen molar-refractivity contribution in [3.63, 3.8) is 0 Å². The molecule has 0 saturated carbocycles. The Bertz CT molecular complexity index is 1470. The van der Waals surface area contributed by atoms with Crippen LogP contribution in [0.3, 0.4) is 0 Å². The van der Waals surface area contributed by atoms with E-state index in [9.17, 15) is 9.59 Å². The Balaban J connectivity index is 1.43. The molecule has 0 radical (unpaired) electrons. The third kappa shape index (κ3) is 4.26. The first-order valence-electron chi connectivity index (χ1n) is 10.7. The van der Waals surface area contributed by atoms with Crippen molar-refractivity contribution in [3.05, 3.63) is 93.8 Å². The second-order valence-corrected chi connectivity index (χ2v) is 8.83. The van der Waals surface area contributed by atoms with Gasteiger partial charge in [-0.05, 0) is 78.9 Å². The van der Waals surface area contributed by atoms with Crippen molar-refractivity contribution in [3.8, 4) is 11.8 Å². The van der Waals surface area contributed by atoms with E-state index < -0.39 is 0 Å². The summed E-state index contributed by atoms with van der Waals surface area (Å²) < 4.78 is 1.50. The van der Waals surface area contributed by atoms with Gasteiger partial charge in [0.1, 0.15) is 0 Å². The number of benzene rings is 3. The molecule has 0 saturated heterocycles. The minimum atomic E-state index is -0.216. The van der Waals surface area contributed by atoms with Gasteiger partial charge in [0, 0.05) is 5.69 Å². The van der Waals surface area contributed by atoms with E-state index in [2.05, 4.69) is 22.4 Å². The maximum atomic E-state index is 13.3. The van der Waals surface area contributed by atoms with Crippen LogP contribution in [0.5, 0.6) is 0 Å². The average molecular weight is 453 g/mol. The Morgan fingerprint density at radius 2 is 1.85 bits per heavy atom. The molecule has 4 aromatic rings. The Kier molecular flexibility index (Phi) is 5.68. The summed E-state index contributed by atoms with van der Waals surface area (Å²) in [5.41, 5.74) is 4.90. The molecule has 162 valence electrons. The SMILES string of the molecule is N#Cc1ccc(-n2c(SCC(=O)Nc3ccc4c(c3)CCC4)nc3ccccc3c2=O)cc1. The lowest BCUT2D eigenvalue weighted by atomic mass is 10.1. The van der Waals surface area contributed by atoms with Crippen molar-refractivity contribution in [2.45, 2.75) is 24.4 Å². The molecule has 0 fully saturated rings. The molecule has 1 amide bonds. The fourth-order valence-electron chi connectivity index (χ4n) is 4.10. The monoisotopic (exact) mass is 452 g/mol. The minimum Gasteiger partial charge on any atom is -0.325 e. The average Bonchev–Trinajstić information content (AvgIpc) is 3.31. The maximum absolute atomic E-state index is 13.3. The smallest absolute Gasteiger partial charge is 0.266 e. The van der Waals surface area contributed by atoms with Crippen LogP contribution in [0.25, 0.3) is 16.6 Å². The molecule has 1 aliphatic carbocycles. The highest BCUT2D eigenvalue weighted by Crippen LogP contribution is 2.26. The molecule has 0 atom stereocenters. The number of para-hydroxylation sites is 1. The van der Waals surface area contributed by atoms with Crippen LogP contribution >= 0.6 is 11.8 Å². The van der Waals surface area contributed by atoms with Crippen LogP contribution in [-0.4, -0.2) is 21.2 Å². The summed E-state index contributed by atoms with van der Waals surface area (Å²) in [6, 6.07) is 22.0. The van der Waals surface area contributed by atoms with E-state index in [1.165, 1.54) is 27.5 Å². The number of hydrogen-bond donors (Lipinski definition) is 1. The topological polar surface area (TPSA) is 87.8 Å². The number of anilines is 1. The molecule has 6 nitrogen and oxygen atoms in total. The van der Waals surface area contributed by atoms with Crippen molar-refractivity contribution >= 4 is 34.3 Å². The lowest BCUT2D eigenvalue weighted by Gasteiger charge is -2.13. The van der Waals surface area contributed by atoms with Crippen LogP contribution in [0, 0.1) is 11.3 Å². The summed E-state index contributed by atoms with van der Waals surface area (Å²) in [5, 5.41) is 13.0. The summed E-state index contributed by atoms with van der Waals surface area (Å²) in [7, 11) is 0. The molecule has 3 aromatic carbocycles. The molecule has 7 heteroatoms. The van der Waals surface area contributed by atoms with Gasteiger partial charge >= 0.3 is 0 Å². The fraction of sp³-hybridized carbons (Fsp3) is 0.154. The molecule has 1 N–H and O–H groups in total. The van der Waals surface area contributed by atoms with Crippen LogP contribution in [0.1, 0.15) is 23.1 Å². The number of aryl methyl sites for hydroxylation is 2. The van der Waals surface area contributed by atoms with E-state index in [1.54, 1.807) is 42.5 Å². The summed E-state index contributed by atoms with van der Waals surface area (Å²) >= 11 is 1.21. The highest BCUT2D eigenvalue weighted by atomic mass is 32.2.